The second-order valence-electron chi connectivity index (χ2n) is 12.0. The van der Waals surface area contributed by atoms with E-state index < -0.39 is 36.0 Å². The molecule has 0 aromatic heterocycles. The van der Waals surface area contributed by atoms with E-state index in [2.05, 4.69) is 10.6 Å². The second-order valence-corrected chi connectivity index (χ2v) is 12.0. The quantitative estimate of drug-likeness (QED) is 0.309. The maximum Gasteiger partial charge on any atom is 0.409 e. The Labute approximate surface area is 272 Å². The minimum absolute atomic E-state index is 0.130. The summed E-state index contributed by atoms with van der Waals surface area (Å²) in [6.45, 7) is 2.97. The fraction of sp³-hybridized carbons (Fsp3) is 0.515. The molecule has 3 N–H and O–H groups in total. The van der Waals surface area contributed by atoms with Gasteiger partial charge in [-0.3, -0.25) is 24.0 Å². The lowest BCUT2D eigenvalue weighted by Crippen LogP contribution is -2.56. The van der Waals surface area contributed by atoms with Gasteiger partial charge in [0.25, 0.3) is 11.8 Å². The number of carboxylic acids is 1. The Hall–Kier alpha value is -4.88. The van der Waals surface area contributed by atoms with Crippen LogP contribution in [-0.2, 0) is 23.9 Å². The Morgan fingerprint density at radius 3 is 2.38 bits per heavy atom. The summed E-state index contributed by atoms with van der Waals surface area (Å²) in [6, 6.07) is 8.84. The van der Waals surface area contributed by atoms with Crippen molar-refractivity contribution in [2.45, 2.75) is 63.6 Å². The number of carbonyl (C=O) groups is 6. The molecule has 0 unspecified atom stereocenters. The van der Waals surface area contributed by atoms with E-state index in [1.165, 1.54) is 15.9 Å². The molecule has 47 heavy (non-hydrogen) atoms. The number of hydrogen-bond acceptors (Lipinski definition) is 8. The molecular weight excluding hydrogens is 610 g/mol. The van der Waals surface area contributed by atoms with E-state index in [1.807, 2.05) is 0 Å². The summed E-state index contributed by atoms with van der Waals surface area (Å²) in [5, 5.41) is 16.3. The van der Waals surface area contributed by atoms with Crippen LogP contribution in [0.1, 0.15) is 55.8 Å². The van der Waals surface area contributed by atoms with Crippen molar-refractivity contribution in [2.75, 3.05) is 45.9 Å². The monoisotopic (exact) mass is 651 g/mol. The number of carbonyl (C=O) groups excluding carboxylic acids is 5. The van der Waals surface area contributed by atoms with Crippen LogP contribution in [0.15, 0.2) is 36.4 Å². The number of likely N-dealkylation sites (tertiary alicyclic amines) is 1. The number of nitrogens with one attached hydrogen (secondary N) is 2. The van der Waals surface area contributed by atoms with Gasteiger partial charge in [0.05, 0.1) is 6.61 Å². The van der Waals surface area contributed by atoms with Crippen molar-refractivity contribution in [1.82, 2.24) is 25.3 Å². The van der Waals surface area contributed by atoms with Crippen LogP contribution < -0.4 is 15.4 Å². The number of benzene rings is 2. The highest BCUT2D eigenvalue weighted by Crippen LogP contribution is 2.29. The van der Waals surface area contributed by atoms with Crippen LogP contribution in [0.4, 0.5) is 4.79 Å². The van der Waals surface area contributed by atoms with Gasteiger partial charge in [0.2, 0.25) is 11.8 Å². The number of fused-ring (bicyclic) bond motifs is 1. The highest BCUT2D eigenvalue weighted by molar-refractivity contribution is 6.02. The Bertz CT molecular complexity index is 1520. The molecule has 2 heterocycles. The number of amides is 5. The van der Waals surface area contributed by atoms with Gasteiger partial charge in [-0.15, -0.1) is 0 Å². The number of rotatable bonds is 12. The largest absolute Gasteiger partial charge is 0.483 e. The molecule has 14 heteroatoms. The third-order valence-corrected chi connectivity index (χ3v) is 8.60. The molecule has 2 aromatic rings. The van der Waals surface area contributed by atoms with Crippen molar-refractivity contribution < 1.29 is 43.3 Å². The topological polar surface area (TPSA) is 175 Å². The number of piperazine rings is 1. The van der Waals surface area contributed by atoms with Crippen LogP contribution in [0.5, 0.6) is 5.75 Å². The van der Waals surface area contributed by atoms with Gasteiger partial charge in [0.15, 0.2) is 6.61 Å². The summed E-state index contributed by atoms with van der Waals surface area (Å²) in [5.74, 6) is -2.37. The average Bonchev–Trinajstić information content (AvgIpc) is 3.74. The van der Waals surface area contributed by atoms with E-state index in [4.69, 9.17) is 9.47 Å². The Balaban J connectivity index is 1.28. The van der Waals surface area contributed by atoms with E-state index in [9.17, 15) is 33.9 Å². The summed E-state index contributed by atoms with van der Waals surface area (Å²) in [7, 11) is 0. The molecule has 5 rings (SSSR count). The predicted molar refractivity (Wildman–Crippen MR) is 169 cm³/mol. The lowest BCUT2D eigenvalue weighted by Gasteiger charge is -2.36. The van der Waals surface area contributed by atoms with Gasteiger partial charge in [-0.2, -0.15) is 0 Å². The molecule has 252 valence electrons. The van der Waals surface area contributed by atoms with Crippen LogP contribution in [0.2, 0.25) is 0 Å². The minimum Gasteiger partial charge on any atom is -0.483 e. The number of hydrogen-bond donors (Lipinski definition) is 3. The van der Waals surface area contributed by atoms with Gasteiger partial charge in [0.1, 0.15) is 17.8 Å². The first kappa shape index (κ1) is 33.5. The third kappa shape index (κ3) is 8.48. The second kappa shape index (κ2) is 15.1. The van der Waals surface area contributed by atoms with Crippen molar-refractivity contribution in [3.63, 3.8) is 0 Å². The van der Waals surface area contributed by atoms with Crippen molar-refractivity contribution in [2.24, 2.45) is 0 Å². The molecule has 3 fully saturated rings. The highest BCUT2D eigenvalue weighted by atomic mass is 16.6. The molecule has 0 radical (unpaired) electrons. The molecular formula is C33H41N5O9. The fourth-order valence-corrected chi connectivity index (χ4v) is 5.92. The summed E-state index contributed by atoms with van der Waals surface area (Å²) in [6.07, 6.45) is 2.27. The van der Waals surface area contributed by atoms with Gasteiger partial charge in [0, 0.05) is 56.1 Å². The summed E-state index contributed by atoms with van der Waals surface area (Å²) < 4.78 is 11.0. The van der Waals surface area contributed by atoms with Crippen molar-refractivity contribution >= 4 is 46.5 Å². The van der Waals surface area contributed by atoms with Crippen LogP contribution in [0, 0.1) is 0 Å². The van der Waals surface area contributed by atoms with Crippen molar-refractivity contribution in [3.05, 3.63) is 42.0 Å². The highest BCUT2D eigenvalue weighted by Gasteiger charge is 2.37. The van der Waals surface area contributed by atoms with Crippen molar-refractivity contribution in [1.29, 1.82) is 0 Å². The van der Waals surface area contributed by atoms with E-state index >= 15 is 0 Å². The molecule has 5 amide bonds. The zero-order chi connectivity index (χ0) is 33.5. The third-order valence-electron chi connectivity index (χ3n) is 8.60. The first-order chi connectivity index (χ1) is 22.6. The van der Waals surface area contributed by atoms with Gasteiger partial charge >= 0.3 is 12.1 Å². The van der Waals surface area contributed by atoms with Crippen molar-refractivity contribution in [3.8, 4) is 5.75 Å². The predicted octanol–water partition coefficient (Wildman–Crippen LogP) is 1.75. The van der Waals surface area contributed by atoms with E-state index in [0.717, 1.165) is 19.3 Å². The Morgan fingerprint density at radius 1 is 0.957 bits per heavy atom. The smallest absolute Gasteiger partial charge is 0.409 e. The van der Waals surface area contributed by atoms with E-state index in [0.29, 0.717) is 23.7 Å². The molecule has 2 saturated heterocycles. The van der Waals surface area contributed by atoms with Gasteiger partial charge in [-0.25, -0.2) is 4.79 Å². The van der Waals surface area contributed by atoms with E-state index in [1.54, 1.807) is 42.2 Å². The number of nitrogens with zero attached hydrogens (tertiary/aromatic N) is 3. The van der Waals surface area contributed by atoms with Crippen LogP contribution in [0.3, 0.4) is 0 Å². The summed E-state index contributed by atoms with van der Waals surface area (Å²) in [5.41, 5.74) is 0.161. The van der Waals surface area contributed by atoms with E-state index in [-0.39, 0.29) is 81.4 Å². The Morgan fingerprint density at radius 2 is 1.68 bits per heavy atom. The molecule has 2 atom stereocenters. The van der Waals surface area contributed by atoms with Gasteiger partial charge in [-0.05, 0) is 56.5 Å². The molecule has 0 bridgehead atoms. The number of ether oxygens (including phenoxy) is 2. The number of aliphatic carboxylic acids is 1. The lowest BCUT2D eigenvalue weighted by molar-refractivity contribution is -0.140. The molecule has 2 aromatic carbocycles. The molecule has 14 nitrogen and oxygen atoms in total. The standard InChI is InChI=1S/C33H41N5O9/c1-2-46-33(45)37-16-14-36(15-17-37)32(44)25(11-12-29(40)41)35-30(42)22-18-21-6-3-4-7-24(21)27(19-22)47-20-28(39)38-13-5-8-26(38)31(43)34-23-9-10-23/h3-4,6-7,18-19,23,25-26H,2,5,8-17,20H2,1H3,(H,34,43)(H,35,42)(H,40,41)/t25-,26-/m0/s1. The maximum atomic E-state index is 13.6. The van der Waals surface area contributed by atoms with Gasteiger partial charge < -0.3 is 39.9 Å². The average molecular weight is 652 g/mol. The number of carboxylic acid groups (broad SMARTS) is 1. The summed E-state index contributed by atoms with van der Waals surface area (Å²) in [4.78, 5) is 81.0. The molecule has 2 aliphatic heterocycles. The lowest BCUT2D eigenvalue weighted by atomic mass is 10.0. The normalized spacial score (nSPS) is 18.4. The summed E-state index contributed by atoms with van der Waals surface area (Å²) >= 11 is 0. The van der Waals surface area contributed by atoms with Crippen LogP contribution in [0.25, 0.3) is 10.8 Å². The minimum atomic E-state index is -1.13. The first-order valence-electron chi connectivity index (χ1n) is 16.1. The Kier molecular flexibility index (Phi) is 10.8. The molecule has 3 aliphatic rings. The zero-order valence-corrected chi connectivity index (χ0v) is 26.4. The SMILES string of the molecule is CCOC(=O)N1CCN(C(=O)[C@H](CCC(=O)O)NC(=O)c2cc(OCC(=O)N3CCC[C@H]3C(=O)NC3CC3)c3ccccc3c2)CC1. The van der Waals surface area contributed by atoms with Crippen LogP contribution in [-0.4, -0.2) is 120 Å². The van der Waals surface area contributed by atoms with Gasteiger partial charge in [-0.1, -0.05) is 24.3 Å². The first-order valence-corrected chi connectivity index (χ1v) is 16.1. The zero-order valence-electron chi connectivity index (χ0n) is 26.4. The molecule has 1 aliphatic carbocycles. The maximum absolute atomic E-state index is 13.6. The molecule has 1 saturated carbocycles. The van der Waals surface area contributed by atoms with Crippen LogP contribution >= 0.6 is 0 Å². The molecule has 0 spiro atoms. The fourth-order valence-electron chi connectivity index (χ4n) is 5.92.